The third kappa shape index (κ3) is 2.71. The quantitative estimate of drug-likeness (QED) is 0.774. The molecule has 0 spiro atoms. The van der Waals surface area contributed by atoms with Crippen LogP contribution in [0.1, 0.15) is 23.5 Å². The highest BCUT2D eigenvalue weighted by Crippen LogP contribution is 2.26. The molecule has 102 valence electrons. The molecule has 0 fully saturated rings. The molecule has 1 atom stereocenters. The number of nitrogens with one attached hydrogen (secondary N) is 1. The Morgan fingerprint density at radius 1 is 1.15 bits per heavy atom. The second kappa shape index (κ2) is 5.69. The summed E-state index contributed by atoms with van der Waals surface area (Å²) < 4.78 is 14.7. The summed E-state index contributed by atoms with van der Waals surface area (Å²) >= 11 is 1.68. The van der Waals surface area contributed by atoms with E-state index in [9.17, 15) is 4.39 Å². The molecule has 0 aliphatic rings. The zero-order valence-corrected chi connectivity index (χ0v) is 12.0. The lowest BCUT2D eigenvalue weighted by atomic mass is 10.2. The molecule has 1 heterocycles. The first kappa shape index (κ1) is 13.2. The molecule has 0 aliphatic carbocycles. The smallest absolute Gasteiger partial charge is 0.127 e. The zero-order chi connectivity index (χ0) is 13.9. The number of thiazole rings is 1. The number of nitrogens with zero attached hydrogens (tertiary/aromatic N) is 1. The molecule has 0 aliphatic heterocycles. The molecule has 0 saturated heterocycles. The summed E-state index contributed by atoms with van der Waals surface area (Å²) in [7, 11) is 0. The minimum absolute atomic E-state index is 0.104. The minimum Gasteiger partial charge on any atom is -0.304 e. The second-order valence-corrected chi connectivity index (χ2v) is 5.78. The molecule has 1 N–H and O–H groups in total. The van der Waals surface area contributed by atoms with E-state index in [0.717, 1.165) is 10.5 Å². The van der Waals surface area contributed by atoms with Crippen molar-refractivity contribution in [3.8, 4) is 0 Å². The van der Waals surface area contributed by atoms with Gasteiger partial charge in [-0.15, -0.1) is 11.3 Å². The van der Waals surface area contributed by atoms with Gasteiger partial charge in [0.2, 0.25) is 0 Å². The fourth-order valence-electron chi connectivity index (χ4n) is 2.07. The van der Waals surface area contributed by atoms with Gasteiger partial charge in [0.15, 0.2) is 0 Å². The van der Waals surface area contributed by atoms with Gasteiger partial charge in [0.25, 0.3) is 0 Å². The van der Waals surface area contributed by atoms with Gasteiger partial charge in [0.05, 0.1) is 16.3 Å². The van der Waals surface area contributed by atoms with E-state index in [2.05, 4.69) is 23.3 Å². The number of para-hydroxylation sites is 1. The van der Waals surface area contributed by atoms with Crippen LogP contribution in [0, 0.1) is 5.82 Å². The lowest BCUT2D eigenvalue weighted by Crippen LogP contribution is -2.18. The van der Waals surface area contributed by atoms with Gasteiger partial charge < -0.3 is 5.32 Å². The van der Waals surface area contributed by atoms with Crippen LogP contribution in [-0.4, -0.2) is 4.98 Å². The summed E-state index contributed by atoms with van der Waals surface area (Å²) in [6.45, 7) is 2.56. The Bertz CT molecular complexity index is 690. The van der Waals surface area contributed by atoms with Gasteiger partial charge in [-0.3, -0.25) is 0 Å². The van der Waals surface area contributed by atoms with Crippen LogP contribution in [0.4, 0.5) is 4.39 Å². The van der Waals surface area contributed by atoms with Gasteiger partial charge in [-0.05, 0) is 25.1 Å². The predicted octanol–water partition coefficient (Wildman–Crippen LogP) is 4.29. The van der Waals surface area contributed by atoms with Crippen molar-refractivity contribution in [3.63, 3.8) is 0 Å². The first-order valence-electron chi connectivity index (χ1n) is 6.56. The Labute approximate surface area is 121 Å². The molecule has 2 aromatic carbocycles. The molecule has 3 rings (SSSR count). The largest absolute Gasteiger partial charge is 0.304 e. The van der Waals surface area contributed by atoms with E-state index >= 15 is 0 Å². The second-order valence-electron chi connectivity index (χ2n) is 4.71. The number of rotatable bonds is 4. The lowest BCUT2D eigenvalue weighted by molar-refractivity contribution is 0.543. The maximum atomic E-state index is 13.6. The van der Waals surface area contributed by atoms with Crippen LogP contribution in [0.2, 0.25) is 0 Å². The summed E-state index contributed by atoms with van der Waals surface area (Å²) in [5.74, 6) is -0.170. The van der Waals surface area contributed by atoms with Crippen LogP contribution in [0.25, 0.3) is 10.2 Å². The van der Waals surface area contributed by atoms with Crippen LogP contribution >= 0.6 is 11.3 Å². The van der Waals surface area contributed by atoms with Crippen molar-refractivity contribution < 1.29 is 4.39 Å². The van der Waals surface area contributed by atoms with Gasteiger partial charge >= 0.3 is 0 Å². The van der Waals surface area contributed by atoms with Crippen molar-refractivity contribution in [2.24, 2.45) is 0 Å². The van der Waals surface area contributed by atoms with Crippen molar-refractivity contribution >= 4 is 21.6 Å². The number of hydrogen-bond acceptors (Lipinski definition) is 3. The molecule has 0 bridgehead atoms. The van der Waals surface area contributed by atoms with E-state index in [4.69, 9.17) is 0 Å². The Hall–Kier alpha value is -1.78. The monoisotopic (exact) mass is 286 g/mol. The van der Waals surface area contributed by atoms with E-state index in [1.807, 2.05) is 24.3 Å². The highest BCUT2D eigenvalue weighted by molar-refractivity contribution is 7.18. The van der Waals surface area contributed by atoms with Gasteiger partial charge in [-0.25, -0.2) is 9.37 Å². The Morgan fingerprint density at radius 2 is 1.90 bits per heavy atom. The van der Waals surface area contributed by atoms with Crippen molar-refractivity contribution in [3.05, 3.63) is 64.9 Å². The third-order valence-corrected chi connectivity index (χ3v) is 4.46. The van der Waals surface area contributed by atoms with Crippen molar-refractivity contribution in [1.82, 2.24) is 10.3 Å². The molecule has 0 radical (unpaired) electrons. The van der Waals surface area contributed by atoms with Crippen LogP contribution < -0.4 is 5.32 Å². The molecular formula is C16H15FN2S. The summed E-state index contributed by atoms with van der Waals surface area (Å²) in [6, 6.07) is 15.0. The van der Waals surface area contributed by atoms with Gasteiger partial charge in [0, 0.05) is 12.1 Å². The topological polar surface area (TPSA) is 24.9 Å². The third-order valence-electron chi connectivity index (χ3n) is 3.24. The first-order chi connectivity index (χ1) is 9.74. The van der Waals surface area contributed by atoms with Crippen LogP contribution in [0.3, 0.4) is 0 Å². The number of hydrogen-bond donors (Lipinski definition) is 1. The number of halogens is 1. The van der Waals surface area contributed by atoms with Crippen molar-refractivity contribution in [2.75, 3.05) is 0 Å². The fourth-order valence-corrected chi connectivity index (χ4v) is 3.06. The highest BCUT2D eigenvalue weighted by atomic mass is 32.1. The van der Waals surface area contributed by atoms with Crippen molar-refractivity contribution in [2.45, 2.75) is 19.5 Å². The molecule has 1 aromatic heterocycles. The SMILES string of the molecule is CC(NCc1ccccc1F)c1nc2ccccc2s1. The number of benzene rings is 2. The molecule has 4 heteroatoms. The van der Waals surface area contributed by atoms with E-state index < -0.39 is 0 Å². The average Bonchev–Trinajstić information content (AvgIpc) is 2.90. The Kier molecular flexibility index (Phi) is 3.76. The number of fused-ring (bicyclic) bond motifs is 1. The van der Waals surface area contributed by atoms with Crippen LogP contribution in [0.15, 0.2) is 48.5 Å². The molecule has 3 aromatic rings. The van der Waals surface area contributed by atoms with E-state index in [-0.39, 0.29) is 11.9 Å². The molecule has 1 unspecified atom stereocenters. The molecule has 0 saturated carbocycles. The maximum Gasteiger partial charge on any atom is 0.127 e. The standard InChI is InChI=1S/C16H15FN2S/c1-11(18-10-12-6-2-3-7-13(12)17)16-19-14-8-4-5-9-15(14)20-16/h2-9,11,18H,10H2,1H3. The van der Waals surface area contributed by atoms with Gasteiger partial charge in [-0.2, -0.15) is 0 Å². The Morgan fingerprint density at radius 3 is 2.70 bits per heavy atom. The summed E-state index contributed by atoms with van der Waals surface area (Å²) in [5, 5.41) is 4.36. The summed E-state index contributed by atoms with van der Waals surface area (Å²) in [4.78, 5) is 4.61. The van der Waals surface area contributed by atoms with Gasteiger partial charge in [0.1, 0.15) is 10.8 Å². The van der Waals surface area contributed by atoms with E-state index in [1.54, 1.807) is 23.5 Å². The maximum absolute atomic E-state index is 13.6. The first-order valence-corrected chi connectivity index (χ1v) is 7.38. The predicted molar refractivity (Wildman–Crippen MR) is 81.3 cm³/mol. The van der Waals surface area contributed by atoms with Crippen LogP contribution in [-0.2, 0) is 6.54 Å². The lowest BCUT2D eigenvalue weighted by Gasteiger charge is -2.11. The molecule has 2 nitrogen and oxygen atoms in total. The van der Waals surface area contributed by atoms with E-state index in [0.29, 0.717) is 12.1 Å². The number of aromatic nitrogens is 1. The van der Waals surface area contributed by atoms with E-state index in [1.165, 1.54) is 10.8 Å². The normalized spacial score (nSPS) is 12.7. The minimum atomic E-state index is -0.170. The zero-order valence-electron chi connectivity index (χ0n) is 11.1. The highest BCUT2D eigenvalue weighted by Gasteiger charge is 2.11. The van der Waals surface area contributed by atoms with Crippen molar-refractivity contribution in [1.29, 1.82) is 0 Å². The molecular weight excluding hydrogens is 271 g/mol. The average molecular weight is 286 g/mol. The summed E-state index contributed by atoms with van der Waals surface area (Å²) in [6.07, 6.45) is 0. The summed E-state index contributed by atoms with van der Waals surface area (Å²) in [5.41, 5.74) is 1.70. The molecule has 0 amide bonds. The molecule has 20 heavy (non-hydrogen) atoms. The van der Waals surface area contributed by atoms with Crippen LogP contribution in [0.5, 0.6) is 0 Å². The Balaban J connectivity index is 1.73. The fraction of sp³-hybridized carbons (Fsp3) is 0.188. The van der Waals surface area contributed by atoms with Gasteiger partial charge in [-0.1, -0.05) is 30.3 Å².